The van der Waals surface area contributed by atoms with Crippen molar-refractivity contribution in [1.29, 1.82) is 0 Å². The van der Waals surface area contributed by atoms with Gasteiger partial charge in [-0.15, -0.1) is 0 Å². The smallest absolute Gasteiger partial charge is 0.407 e. The molecule has 22 heavy (non-hydrogen) atoms. The lowest BCUT2D eigenvalue weighted by molar-refractivity contribution is -0.143. The third kappa shape index (κ3) is 9.79. The summed E-state index contributed by atoms with van der Waals surface area (Å²) in [4.78, 5) is 34.1. The van der Waals surface area contributed by atoms with Crippen molar-refractivity contribution in [3.8, 4) is 0 Å². The largest absolute Gasteiger partial charge is 0.460 e. The van der Waals surface area contributed by atoms with Crippen molar-refractivity contribution >= 4 is 18.0 Å². The summed E-state index contributed by atoms with van der Waals surface area (Å²) >= 11 is 0. The third-order valence-corrected chi connectivity index (χ3v) is 2.50. The Morgan fingerprint density at radius 1 is 1.00 bits per heavy atom. The molecule has 126 valence electrons. The Morgan fingerprint density at radius 2 is 1.59 bits per heavy atom. The predicted molar refractivity (Wildman–Crippen MR) is 80.1 cm³/mol. The van der Waals surface area contributed by atoms with Crippen molar-refractivity contribution in [3.05, 3.63) is 12.2 Å². The maximum absolute atomic E-state index is 11.5. The first-order valence-corrected chi connectivity index (χ1v) is 7.25. The molecular formula is C15H25NO6. The molecule has 7 heteroatoms. The average Bonchev–Trinajstić information content (AvgIpc) is 2.40. The Hall–Kier alpha value is -2.05. The van der Waals surface area contributed by atoms with Gasteiger partial charge in [-0.3, -0.25) is 0 Å². The van der Waals surface area contributed by atoms with Crippen molar-refractivity contribution in [3.63, 3.8) is 0 Å². The molecule has 0 rings (SSSR count). The van der Waals surface area contributed by atoms with E-state index >= 15 is 0 Å². The number of ether oxygens (including phenoxy) is 3. The number of amides is 1. The lowest BCUT2D eigenvalue weighted by Crippen LogP contribution is -2.42. The molecule has 7 nitrogen and oxygen atoms in total. The van der Waals surface area contributed by atoms with E-state index in [9.17, 15) is 14.4 Å². The van der Waals surface area contributed by atoms with Crippen molar-refractivity contribution in [2.75, 3.05) is 13.2 Å². The van der Waals surface area contributed by atoms with E-state index in [0.717, 1.165) is 12.2 Å². The summed E-state index contributed by atoms with van der Waals surface area (Å²) in [6, 6.07) is -0.376. The monoisotopic (exact) mass is 315 g/mol. The molecule has 1 amide bonds. The molecule has 0 saturated carbocycles. The maximum atomic E-state index is 11.5. The molecule has 0 aliphatic heterocycles. The zero-order valence-electron chi connectivity index (χ0n) is 13.8. The summed E-state index contributed by atoms with van der Waals surface area (Å²) in [5.41, 5.74) is 0. The van der Waals surface area contributed by atoms with E-state index in [4.69, 9.17) is 14.2 Å². The van der Waals surface area contributed by atoms with E-state index in [0.29, 0.717) is 0 Å². The summed E-state index contributed by atoms with van der Waals surface area (Å²) in [6.45, 7) is 9.11. The maximum Gasteiger partial charge on any atom is 0.407 e. The Balaban J connectivity index is 4.30. The Morgan fingerprint density at radius 3 is 2.09 bits per heavy atom. The molecule has 0 saturated heterocycles. The van der Waals surface area contributed by atoms with Crippen LogP contribution in [0.2, 0.25) is 0 Å². The topological polar surface area (TPSA) is 90.9 Å². The van der Waals surface area contributed by atoms with Crippen molar-refractivity contribution in [2.24, 2.45) is 5.92 Å². The highest BCUT2D eigenvalue weighted by atomic mass is 16.6. The van der Waals surface area contributed by atoms with Gasteiger partial charge in [-0.25, -0.2) is 14.4 Å². The van der Waals surface area contributed by atoms with Gasteiger partial charge in [-0.05, 0) is 26.7 Å². The van der Waals surface area contributed by atoms with Gasteiger partial charge in [0.2, 0.25) is 0 Å². The predicted octanol–water partition coefficient (Wildman–Crippen LogP) is 1.81. The fraction of sp³-hybridized carbons (Fsp3) is 0.667. The van der Waals surface area contributed by atoms with Gasteiger partial charge in [0, 0.05) is 12.2 Å². The van der Waals surface area contributed by atoms with Crippen LogP contribution < -0.4 is 5.32 Å². The summed E-state index contributed by atoms with van der Waals surface area (Å²) < 4.78 is 14.6. The van der Waals surface area contributed by atoms with Crippen LogP contribution in [0.3, 0.4) is 0 Å². The van der Waals surface area contributed by atoms with Crippen molar-refractivity contribution in [2.45, 2.75) is 46.8 Å². The van der Waals surface area contributed by atoms with Gasteiger partial charge in [-0.2, -0.15) is 0 Å². The second kappa shape index (κ2) is 10.6. The summed E-state index contributed by atoms with van der Waals surface area (Å²) in [7, 11) is 0. The molecule has 0 radical (unpaired) electrons. The Bertz CT molecular complexity index is 403. The van der Waals surface area contributed by atoms with Crippen LogP contribution in [0, 0.1) is 5.92 Å². The number of carbonyl (C=O) groups is 3. The van der Waals surface area contributed by atoms with Gasteiger partial charge >= 0.3 is 18.0 Å². The highest BCUT2D eigenvalue weighted by Gasteiger charge is 2.18. The Kier molecular flexibility index (Phi) is 9.65. The van der Waals surface area contributed by atoms with Crippen LogP contribution in [0.5, 0.6) is 0 Å². The van der Waals surface area contributed by atoms with Crippen LogP contribution in [0.4, 0.5) is 4.79 Å². The molecule has 1 unspecified atom stereocenters. The normalized spacial score (nSPS) is 12.3. The highest BCUT2D eigenvalue weighted by Crippen LogP contribution is 2.03. The van der Waals surface area contributed by atoms with E-state index < -0.39 is 18.0 Å². The van der Waals surface area contributed by atoms with E-state index in [1.165, 1.54) is 0 Å². The number of esters is 2. The summed E-state index contributed by atoms with van der Waals surface area (Å²) in [6.07, 6.45) is 1.18. The molecule has 0 aromatic heterocycles. The van der Waals surface area contributed by atoms with Gasteiger partial charge in [0.15, 0.2) is 0 Å². The number of alkyl carbamates (subject to hydrolysis) is 1. The lowest BCUT2D eigenvalue weighted by Gasteiger charge is -2.21. The quantitative estimate of drug-likeness (QED) is 0.417. The molecular weight excluding hydrogens is 290 g/mol. The third-order valence-electron chi connectivity index (χ3n) is 2.50. The van der Waals surface area contributed by atoms with Gasteiger partial charge in [0.25, 0.3) is 0 Å². The van der Waals surface area contributed by atoms with Gasteiger partial charge in [-0.1, -0.05) is 13.8 Å². The Labute approximate surface area is 131 Å². The molecule has 1 N–H and O–H groups in total. The first-order chi connectivity index (χ1) is 10.3. The summed E-state index contributed by atoms with van der Waals surface area (Å²) in [5, 5.41) is 2.61. The zero-order chi connectivity index (χ0) is 17.1. The van der Waals surface area contributed by atoms with E-state index in [2.05, 4.69) is 5.32 Å². The molecule has 1 atom stereocenters. The van der Waals surface area contributed by atoms with Crippen LogP contribution in [0.1, 0.15) is 34.6 Å². The first kappa shape index (κ1) is 19.9. The number of hydrogen-bond acceptors (Lipinski definition) is 6. The number of carbonyl (C=O) groups excluding carboxylic acids is 3. The zero-order valence-corrected chi connectivity index (χ0v) is 13.8. The van der Waals surface area contributed by atoms with Crippen molar-refractivity contribution < 1.29 is 28.6 Å². The molecule has 0 bridgehead atoms. The van der Waals surface area contributed by atoms with Gasteiger partial charge < -0.3 is 19.5 Å². The minimum Gasteiger partial charge on any atom is -0.460 e. The molecule has 0 heterocycles. The van der Waals surface area contributed by atoms with Gasteiger partial charge in [0.05, 0.1) is 18.8 Å². The minimum atomic E-state index is -0.683. The van der Waals surface area contributed by atoms with Crippen LogP contribution >= 0.6 is 0 Å². The lowest BCUT2D eigenvalue weighted by atomic mass is 10.1. The molecule has 0 aliphatic carbocycles. The molecule has 0 fully saturated rings. The molecule has 0 spiro atoms. The number of hydrogen-bond donors (Lipinski definition) is 1. The standard InChI is InChI=1S/C15H25NO6/c1-6-20-15(19)16-12(10(2)3)9-21-13(17)7-8-14(18)22-11(4)5/h7-8,10-12H,6,9H2,1-5H3,(H,16,19). The van der Waals surface area contributed by atoms with E-state index in [1.54, 1.807) is 20.8 Å². The van der Waals surface area contributed by atoms with Crippen molar-refractivity contribution in [1.82, 2.24) is 5.32 Å². The summed E-state index contributed by atoms with van der Waals surface area (Å²) in [5.74, 6) is -1.25. The first-order valence-electron chi connectivity index (χ1n) is 7.25. The second-order valence-electron chi connectivity index (χ2n) is 5.16. The second-order valence-corrected chi connectivity index (χ2v) is 5.16. The van der Waals surface area contributed by atoms with E-state index in [1.807, 2.05) is 13.8 Å². The molecule has 0 aromatic carbocycles. The molecule has 0 aliphatic rings. The van der Waals surface area contributed by atoms with Crippen LogP contribution in [-0.2, 0) is 23.8 Å². The fourth-order valence-corrected chi connectivity index (χ4v) is 1.35. The van der Waals surface area contributed by atoms with Crippen LogP contribution in [0.25, 0.3) is 0 Å². The van der Waals surface area contributed by atoms with Gasteiger partial charge in [0.1, 0.15) is 6.61 Å². The SMILES string of the molecule is CCOC(=O)NC(COC(=O)C=CC(=O)OC(C)C)C(C)C. The van der Waals surface area contributed by atoms with E-state index in [-0.39, 0.29) is 31.3 Å². The number of nitrogens with one attached hydrogen (secondary N) is 1. The van der Waals surface area contributed by atoms with Crippen LogP contribution in [0.15, 0.2) is 12.2 Å². The molecule has 0 aromatic rings. The average molecular weight is 315 g/mol. The highest BCUT2D eigenvalue weighted by molar-refractivity contribution is 5.91. The fourth-order valence-electron chi connectivity index (χ4n) is 1.35. The number of rotatable bonds is 8. The van der Waals surface area contributed by atoms with Crippen LogP contribution in [-0.4, -0.2) is 43.4 Å². The minimum absolute atomic E-state index is 0.0150.